The molecule has 1 aromatic heterocycles. The first-order chi connectivity index (χ1) is 10.0. The fourth-order valence-corrected chi connectivity index (χ4v) is 2.04. The summed E-state index contributed by atoms with van der Waals surface area (Å²) in [6.07, 6.45) is 1.98. The van der Waals surface area contributed by atoms with Gasteiger partial charge in [0.15, 0.2) is 0 Å². The highest BCUT2D eigenvalue weighted by molar-refractivity contribution is 5.95. The van der Waals surface area contributed by atoms with Crippen molar-refractivity contribution in [3.63, 3.8) is 0 Å². The van der Waals surface area contributed by atoms with Gasteiger partial charge in [0, 0.05) is 12.6 Å². The van der Waals surface area contributed by atoms with Crippen LogP contribution in [-0.2, 0) is 0 Å². The Bertz CT molecular complexity index is 622. The lowest BCUT2D eigenvalue weighted by Crippen LogP contribution is -2.33. The van der Waals surface area contributed by atoms with E-state index in [-0.39, 0.29) is 24.4 Å². The largest absolute Gasteiger partial charge is 0.396 e. The third-order valence-electron chi connectivity index (χ3n) is 3.27. The van der Waals surface area contributed by atoms with E-state index < -0.39 is 0 Å². The van der Waals surface area contributed by atoms with Crippen molar-refractivity contribution in [2.24, 2.45) is 0 Å². The number of aliphatic hydroxyl groups is 1. The number of nitrogens with one attached hydrogen (secondary N) is 1. The number of hydrogen-bond acceptors (Lipinski definition) is 3. The molecule has 0 aliphatic heterocycles. The molecular formula is C15H18FN3O2. The third kappa shape index (κ3) is 3.46. The minimum absolute atomic E-state index is 0.0231. The number of nitrogens with zero attached hydrogens (tertiary/aromatic N) is 2. The molecule has 0 aliphatic carbocycles. The number of aliphatic hydroxyl groups excluding tert-OH is 1. The second-order valence-electron chi connectivity index (χ2n) is 4.92. The van der Waals surface area contributed by atoms with Crippen LogP contribution in [0.2, 0.25) is 0 Å². The van der Waals surface area contributed by atoms with Crippen LogP contribution in [0.3, 0.4) is 0 Å². The highest BCUT2D eigenvalue weighted by Gasteiger charge is 2.16. The summed E-state index contributed by atoms with van der Waals surface area (Å²) in [6, 6.07) is 5.78. The average Bonchev–Trinajstić information content (AvgIpc) is 2.82. The van der Waals surface area contributed by atoms with E-state index >= 15 is 0 Å². The summed E-state index contributed by atoms with van der Waals surface area (Å²) in [4.78, 5) is 12.1. The minimum atomic E-state index is -0.320. The van der Waals surface area contributed by atoms with Gasteiger partial charge in [-0.05, 0) is 44.5 Å². The molecule has 21 heavy (non-hydrogen) atoms. The Balaban J connectivity index is 2.20. The number of carbonyl (C=O) groups is 1. The number of rotatable bonds is 5. The van der Waals surface area contributed by atoms with Crippen LogP contribution in [0.4, 0.5) is 4.39 Å². The smallest absolute Gasteiger partial charge is 0.254 e. The summed E-state index contributed by atoms with van der Waals surface area (Å²) in [5.41, 5.74) is 1.83. The number of amides is 1. The lowest BCUT2D eigenvalue weighted by molar-refractivity contribution is 0.0933. The maximum absolute atomic E-state index is 12.9. The van der Waals surface area contributed by atoms with E-state index in [9.17, 15) is 9.18 Å². The summed E-state index contributed by atoms with van der Waals surface area (Å²) in [5.74, 6) is -0.554. The Morgan fingerprint density at radius 3 is 2.71 bits per heavy atom. The van der Waals surface area contributed by atoms with E-state index in [1.807, 2.05) is 6.92 Å². The normalized spacial score (nSPS) is 12.2. The molecule has 1 unspecified atom stereocenters. The zero-order valence-electron chi connectivity index (χ0n) is 12.0. The molecule has 0 fully saturated rings. The quantitative estimate of drug-likeness (QED) is 0.883. The molecule has 0 bridgehead atoms. The van der Waals surface area contributed by atoms with E-state index in [1.165, 1.54) is 18.3 Å². The predicted octanol–water partition coefficient (Wildman–Crippen LogP) is 1.82. The Labute approximate surface area is 122 Å². The zero-order chi connectivity index (χ0) is 15.4. The predicted molar refractivity (Wildman–Crippen MR) is 76.9 cm³/mol. The molecule has 0 radical (unpaired) electrons. The fourth-order valence-electron chi connectivity index (χ4n) is 2.04. The molecule has 0 saturated heterocycles. The van der Waals surface area contributed by atoms with Gasteiger partial charge in [0.1, 0.15) is 5.82 Å². The van der Waals surface area contributed by atoms with Crippen molar-refractivity contribution in [1.29, 1.82) is 0 Å². The topological polar surface area (TPSA) is 67.2 Å². The SMILES string of the molecule is Cc1c(C(=O)NC(C)CCO)cnn1-c1ccc(F)cc1. The van der Waals surface area contributed by atoms with Gasteiger partial charge in [-0.2, -0.15) is 5.10 Å². The number of carbonyl (C=O) groups excluding carboxylic acids is 1. The van der Waals surface area contributed by atoms with Gasteiger partial charge in [-0.1, -0.05) is 0 Å². The van der Waals surface area contributed by atoms with Gasteiger partial charge in [-0.25, -0.2) is 9.07 Å². The van der Waals surface area contributed by atoms with Gasteiger partial charge in [0.05, 0.1) is 23.1 Å². The standard InChI is InChI=1S/C15H18FN3O2/c1-10(7-8-20)18-15(21)14-9-17-19(11(14)2)13-5-3-12(16)4-6-13/h3-6,9-10,20H,7-8H2,1-2H3,(H,18,21). The zero-order valence-corrected chi connectivity index (χ0v) is 12.0. The molecule has 0 saturated carbocycles. The lowest BCUT2D eigenvalue weighted by atomic mass is 10.2. The highest BCUT2D eigenvalue weighted by Crippen LogP contribution is 2.15. The first-order valence-electron chi connectivity index (χ1n) is 6.75. The molecule has 112 valence electrons. The molecule has 2 N–H and O–H groups in total. The van der Waals surface area contributed by atoms with Crippen molar-refractivity contribution in [3.8, 4) is 5.69 Å². The van der Waals surface area contributed by atoms with Crippen LogP contribution in [0.5, 0.6) is 0 Å². The molecule has 1 amide bonds. The molecule has 6 heteroatoms. The molecule has 1 atom stereocenters. The van der Waals surface area contributed by atoms with Crippen LogP contribution in [0.25, 0.3) is 5.69 Å². The van der Waals surface area contributed by atoms with Gasteiger partial charge >= 0.3 is 0 Å². The number of hydrogen-bond donors (Lipinski definition) is 2. The maximum Gasteiger partial charge on any atom is 0.254 e. The second-order valence-corrected chi connectivity index (χ2v) is 4.92. The molecule has 1 aromatic carbocycles. The van der Waals surface area contributed by atoms with Gasteiger partial charge in [-0.3, -0.25) is 4.79 Å². The van der Waals surface area contributed by atoms with Crippen molar-refractivity contribution in [1.82, 2.24) is 15.1 Å². The molecule has 0 aliphatic rings. The van der Waals surface area contributed by atoms with Gasteiger partial charge in [0.2, 0.25) is 0 Å². The molecule has 2 rings (SSSR count). The van der Waals surface area contributed by atoms with Crippen molar-refractivity contribution in [2.75, 3.05) is 6.61 Å². The van der Waals surface area contributed by atoms with Crippen LogP contribution in [0.15, 0.2) is 30.5 Å². The summed E-state index contributed by atoms with van der Waals surface area (Å²) in [5, 5.41) is 15.8. The van der Waals surface area contributed by atoms with Crippen molar-refractivity contribution in [3.05, 3.63) is 47.5 Å². The summed E-state index contributed by atoms with van der Waals surface area (Å²) >= 11 is 0. The average molecular weight is 291 g/mol. The van der Waals surface area contributed by atoms with Crippen LogP contribution in [0, 0.1) is 12.7 Å². The van der Waals surface area contributed by atoms with E-state index in [2.05, 4.69) is 10.4 Å². The first-order valence-corrected chi connectivity index (χ1v) is 6.75. The molecule has 5 nitrogen and oxygen atoms in total. The molecular weight excluding hydrogens is 273 g/mol. The Kier molecular flexibility index (Phi) is 4.70. The van der Waals surface area contributed by atoms with E-state index in [1.54, 1.807) is 23.7 Å². The summed E-state index contributed by atoms with van der Waals surface area (Å²) in [6.45, 7) is 3.63. The summed E-state index contributed by atoms with van der Waals surface area (Å²) in [7, 11) is 0. The van der Waals surface area contributed by atoms with Crippen molar-refractivity contribution < 1.29 is 14.3 Å². The van der Waals surface area contributed by atoms with Gasteiger partial charge in [-0.15, -0.1) is 0 Å². The Hall–Kier alpha value is -2.21. The van der Waals surface area contributed by atoms with Crippen LogP contribution >= 0.6 is 0 Å². The van der Waals surface area contributed by atoms with E-state index in [4.69, 9.17) is 5.11 Å². The number of aromatic nitrogens is 2. The third-order valence-corrected chi connectivity index (χ3v) is 3.27. The monoisotopic (exact) mass is 291 g/mol. The van der Waals surface area contributed by atoms with Gasteiger partial charge < -0.3 is 10.4 Å². The highest BCUT2D eigenvalue weighted by atomic mass is 19.1. The van der Waals surface area contributed by atoms with Crippen LogP contribution in [0.1, 0.15) is 29.4 Å². The van der Waals surface area contributed by atoms with Crippen LogP contribution < -0.4 is 5.32 Å². The van der Waals surface area contributed by atoms with Crippen molar-refractivity contribution >= 4 is 5.91 Å². The summed E-state index contributed by atoms with van der Waals surface area (Å²) < 4.78 is 14.5. The minimum Gasteiger partial charge on any atom is -0.396 e. The fraction of sp³-hybridized carbons (Fsp3) is 0.333. The molecule has 2 aromatic rings. The number of halogens is 1. The van der Waals surface area contributed by atoms with Crippen LogP contribution in [-0.4, -0.2) is 33.4 Å². The van der Waals surface area contributed by atoms with E-state index in [0.717, 1.165) is 0 Å². The first kappa shape index (κ1) is 15.2. The lowest BCUT2D eigenvalue weighted by Gasteiger charge is -2.12. The maximum atomic E-state index is 12.9. The molecule has 0 spiro atoms. The Morgan fingerprint density at radius 1 is 1.43 bits per heavy atom. The molecule has 1 heterocycles. The van der Waals surface area contributed by atoms with E-state index in [0.29, 0.717) is 23.4 Å². The van der Waals surface area contributed by atoms with Crippen molar-refractivity contribution in [2.45, 2.75) is 26.3 Å². The second kappa shape index (κ2) is 6.49. The van der Waals surface area contributed by atoms with Gasteiger partial charge in [0.25, 0.3) is 5.91 Å². The number of benzene rings is 1. The Morgan fingerprint density at radius 2 is 2.10 bits per heavy atom.